The number of carbonyl (C=O) groups is 1. The second kappa shape index (κ2) is 8.74. The van der Waals surface area contributed by atoms with E-state index in [4.69, 9.17) is 23.2 Å². The molecule has 0 radical (unpaired) electrons. The van der Waals surface area contributed by atoms with E-state index in [1.165, 1.54) is 34.6 Å². The van der Waals surface area contributed by atoms with E-state index in [1.54, 1.807) is 0 Å². The number of hydrogen-bond acceptors (Lipinski definition) is 3. The van der Waals surface area contributed by atoms with Gasteiger partial charge in [0.2, 0.25) is 15.9 Å². The molecule has 1 aliphatic heterocycles. The van der Waals surface area contributed by atoms with Gasteiger partial charge in [0.15, 0.2) is 0 Å². The summed E-state index contributed by atoms with van der Waals surface area (Å²) in [6.07, 6.45) is -4.30. The molecule has 1 N–H and O–H groups in total. The Labute approximate surface area is 181 Å². The maximum Gasteiger partial charge on any atom is 0.418 e. The van der Waals surface area contributed by atoms with Crippen LogP contribution in [0.4, 0.5) is 18.9 Å². The van der Waals surface area contributed by atoms with Gasteiger partial charge < -0.3 is 5.32 Å². The highest BCUT2D eigenvalue weighted by atomic mass is 35.5. The van der Waals surface area contributed by atoms with Crippen LogP contribution >= 0.6 is 23.2 Å². The lowest BCUT2D eigenvalue weighted by molar-refractivity contribution is -0.137. The van der Waals surface area contributed by atoms with Gasteiger partial charge in [-0.3, -0.25) is 4.79 Å². The van der Waals surface area contributed by atoms with Gasteiger partial charge >= 0.3 is 6.18 Å². The molecule has 162 valence electrons. The first-order valence-corrected chi connectivity index (χ1v) is 11.1. The molecule has 0 saturated carbocycles. The van der Waals surface area contributed by atoms with Crippen molar-refractivity contribution >= 4 is 44.8 Å². The van der Waals surface area contributed by atoms with E-state index >= 15 is 0 Å². The Morgan fingerprint density at radius 3 is 2.13 bits per heavy atom. The average Bonchev–Trinajstić information content (AvgIpc) is 2.69. The zero-order chi connectivity index (χ0) is 22.1. The fourth-order valence-corrected chi connectivity index (χ4v) is 4.98. The van der Waals surface area contributed by atoms with Crippen LogP contribution in [0, 0.1) is 5.92 Å². The maximum atomic E-state index is 13.2. The van der Waals surface area contributed by atoms with Crippen LogP contribution in [0.5, 0.6) is 0 Å². The number of nitrogens with one attached hydrogen (secondary N) is 1. The van der Waals surface area contributed by atoms with Gasteiger partial charge in [-0.2, -0.15) is 17.5 Å². The molecule has 11 heteroatoms. The zero-order valence-corrected chi connectivity index (χ0v) is 17.7. The first-order chi connectivity index (χ1) is 14.0. The van der Waals surface area contributed by atoms with E-state index in [0.717, 1.165) is 12.1 Å². The summed E-state index contributed by atoms with van der Waals surface area (Å²) in [5, 5.41) is 2.62. The number of hydrogen-bond donors (Lipinski definition) is 1. The number of alkyl halides is 3. The third-order valence-corrected chi connectivity index (χ3v) is 7.22. The molecule has 0 aromatic heterocycles. The second-order valence-corrected chi connectivity index (χ2v) is 9.62. The predicted octanol–water partition coefficient (Wildman–Crippen LogP) is 5.05. The van der Waals surface area contributed by atoms with Gasteiger partial charge in [0.1, 0.15) is 0 Å². The first-order valence-electron chi connectivity index (χ1n) is 8.92. The molecule has 2 aromatic carbocycles. The van der Waals surface area contributed by atoms with Crippen molar-refractivity contribution < 1.29 is 26.4 Å². The largest absolute Gasteiger partial charge is 0.418 e. The van der Waals surface area contributed by atoms with Crippen molar-refractivity contribution in [1.29, 1.82) is 0 Å². The van der Waals surface area contributed by atoms with Crippen LogP contribution in [0.2, 0.25) is 10.0 Å². The molecule has 30 heavy (non-hydrogen) atoms. The number of sulfonamides is 1. The van der Waals surface area contributed by atoms with Gasteiger partial charge in [-0.1, -0.05) is 23.2 Å². The summed E-state index contributed by atoms with van der Waals surface area (Å²) in [6.45, 7) is 0.158. The van der Waals surface area contributed by atoms with Crippen LogP contribution in [0.25, 0.3) is 0 Å². The van der Waals surface area contributed by atoms with Crippen LogP contribution in [-0.2, 0) is 21.0 Å². The fourth-order valence-electron chi connectivity index (χ4n) is 3.21. The molecule has 1 heterocycles. The normalized spacial score (nSPS) is 16.4. The molecular weight excluding hydrogens is 464 g/mol. The van der Waals surface area contributed by atoms with Crippen molar-refractivity contribution in [1.82, 2.24) is 4.31 Å². The number of anilines is 1. The molecule has 0 bridgehead atoms. The number of carbonyl (C=O) groups excluding carboxylic acids is 1. The SMILES string of the molecule is O=C(Nc1ccc(Cl)cc1C(F)(F)F)C1CCN(S(=O)(=O)c2ccc(Cl)cc2)CC1. The van der Waals surface area contributed by atoms with E-state index in [-0.39, 0.29) is 41.5 Å². The lowest BCUT2D eigenvalue weighted by Crippen LogP contribution is -2.41. The van der Waals surface area contributed by atoms with Crippen LogP contribution < -0.4 is 5.32 Å². The molecule has 5 nitrogen and oxygen atoms in total. The van der Waals surface area contributed by atoms with Gasteiger partial charge in [-0.15, -0.1) is 0 Å². The van der Waals surface area contributed by atoms with Crippen LogP contribution in [-0.4, -0.2) is 31.7 Å². The van der Waals surface area contributed by atoms with Crippen molar-refractivity contribution in [2.45, 2.75) is 23.9 Å². The van der Waals surface area contributed by atoms with Crippen LogP contribution in [0.3, 0.4) is 0 Å². The predicted molar refractivity (Wildman–Crippen MR) is 108 cm³/mol. The zero-order valence-electron chi connectivity index (χ0n) is 15.4. The third-order valence-electron chi connectivity index (χ3n) is 4.82. The van der Waals surface area contributed by atoms with Crippen LogP contribution in [0.1, 0.15) is 18.4 Å². The minimum absolute atomic E-state index is 0.0792. The molecule has 0 atom stereocenters. The van der Waals surface area contributed by atoms with Gasteiger partial charge in [0.25, 0.3) is 0 Å². The molecular formula is C19H17Cl2F3N2O3S. The lowest BCUT2D eigenvalue weighted by atomic mass is 9.97. The molecule has 0 spiro atoms. The summed E-state index contributed by atoms with van der Waals surface area (Å²) in [4.78, 5) is 12.6. The average molecular weight is 481 g/mol. The maximum absolute atomic E-state index is 13.2. The number of benzene rings is 2. The molecule has 1 saturated heterocycles. The molecule has 0 aliphatic carbocycles. The molecule has 1 amide bonds. The highest BCUT2D eigenvalue weighted by molar-refractivity contribution is 7.89. The summed E-state index contributed by atoms with van der Waals surface area (Å²) in [7, 11) is -3.74. The minimum Gasteiger partial charge on any atom is -0.325 e. The topological polar surface area (TPSA) is 66.5 Å². The van der Waals surface area contributed by atoms with Gasteiger partial charge in [-0.25, -0.2) is 8.42 Å². The number of halogens is 5. The Morgan fingerprint density at radius 1 is 1.00 bits per heavy atom. The van der Waals surface area contributed by atoms with E-state index in [2.05, 4.69) is 5.32 Å². The van der Waals surface area contributed by atoms with Gasteiger partial charge in [-0.05, 0) is 55.3 Å². The summed E-state index contributed by atoms with van der Waals surface area (Å²) >= 11 is 11.4. The molecule has 3 rings (SSSR count). The van der Waals surface area contributed by atoms with Crippen molar-refractivity contribution in [3.8, 4) is 0 Å². The highest BCUT2D eigenvalue weighted by Crippen LogP contribution is 2.37. The monoisotopic (exact) mass is 480 g/mol. The Morgan fingerprint density at radius 2 is 1.57 bits per heavy atom. The van der Waals surface area contributed by atoms with E-state index in [0.29, 0.717) is 5.02 Å². The summed E-state index contributed by atoms with van der Waals surface area (Å²) in [5.41, 5.74) is -1.42. The Hall–Kier alpha value is -1.81. The lowest BCUT2D eigenvalue weighted by Gasteiger charge is -2.30. The van der Waals surface area contributed by atoms with E-state index < -0.39 is 33.6 Å². The van der Waals surface area contributed by atoms with Gasteiger partial charge in [0, 0.05) is 29.1 Å². The molecule has 1 aliphatic rings. The van der Waals surface area contributed by atoms with Crippen molar-refractivity contribution in [2.75, 3.05) is 18.4 Å². The number of nitrogens with zero attached hydrogens (tertiary/aromatic N) is 1. The number of rotatable bonds is 4. The van der Waals surface area contributed by atoms with Crippen molar-refractivity contribution in [3.63, 3.8) is 0 Å². The highest BCUT2D eigenvalue weighted by Gasteiger charge is 2.36. The van der Waals surface area contributed by atoms with E-state index in [9.17, 15) is 26.4 Å². The standard InChI is InChI=1S/C19H17Cl2F3N2O3S/c20-13-1-4-15(5-2-13)30(28,29)26-9-7-12(8-10-26)18(27)25-17-6-3-14(21)11-16(17)19(22,23)24/h1-6,11-12H,7-10H2,(H,25,27). The van der Waals surface area contributed by atoms with Crippen molar-refractivity contribution in [2.24, 2.45) is 5.92 Å². The Bertz CT molecular complexity index is 1040. The molecule has 0 unspecified atom stereocenters. The molecule has 1 fully saturated rings. The smallest absolute Gasteiger partial charge is 0.325 e. The summed E-state index contributed by atoms with van der Waals surface area (Å²) in [5.74, 6) is -1.20. The first kappa shape index (κ1) is 22.9. The van der Waals surface area contributed by atoms with Crippen LogP contribution in [0.15, 0.2) is 47.4 Å². The minimum atomic E-state index is -4.68. The second-order valence-electron chi connectivity index (χ2n) is 6.81. The summed E-state index contributed by atoms with van der Waals surface area (Å²) < 4.78 is 66.2. The summed E-state index contributed by atoms with van der Waals surface area (Å²) in [6, 6.07) is 8.85. The number of piperidine rings is 1. The quantitative estimate of drug-likeness (QED) is 0.665. The van der Waals surface area contributed by atoms with Crippen molar-refractivity contribution in [3.05, 3.63) is 58.1 Å². The molecule has 2 aromatic rings. The fraction of sp³-hybridized carbons (Fsp3) is 0.316. The van der Waals surface area contributed by atoms with Gasteiger partial charge in [0.05, 0.1) is 16.1 Å². The Kier molecular flexibility index (Phi) is 6.66. The number of amides is 1. The third kappa shape index (κ3) is 5.08. The Balaban J connectivity index is 1.67. The van der Waals surface area contributed by atoms with E-state index in [1.807, 2.05) is 0 Å².